The molecule has 86 valence electrons. The van der Waals surface area contributed by atoms with Crippen LogP contribution < -0.4 is 0 Å². The fourth-order valence-corrected chi connectivity index (χ4v) is 2.55. The zero-order valence-corrected chi connectivity index (χ0v) is 9.50. The van der Waals surface area contributed by atoms with E-state index in [4.69, 9.17) is 0 Å². The molecule has 1 N–H and O–H groups in total. The molecule has 1 unspecified atom stereocenters. The van der Waals surface area contributed by atoms with Crippen LogP contribution in [0.4, 0.5) is 0 Å². The van der Waals surface area contributed by atoms with Crippen LogP contribution in [0.3, 0.4) is 0 Å². The molecule has 2 aromatic rings. The van der Waals surface area contributed by atoms with Gasteiger partial charge in [0.05, 0.1) is 11.4 Å². The van der Waals surface area contributed by atoms with Gasteiger partial charge >= 0.3 is 0 Å². The topological polar surface area (TPSA) is 46.0 Å². The summed E-state index contributed by atoms with van der Waals surface area (Å²) >= 11 is 0. The van der Waals surface area contributed by atoms with Crippen molar-refractivity contribution in [2.45, 2.75) is 25.2 Å². The van der Waals surface area contributed by atoms with E-state index in [2.05, 4.69) is 16.0 Å². The number of hydrogen-bond donors (Lipinski definition) is 1. The second-order valence-corrected chi connectivity index (χ2v) is 4.40. The van der Waals surface area contributed by atoms with Crippen LogP contribution in [0.15, 0.2) is 36.7 Å². The van der Waals surface area contributed by atoms with Crippen LogP contribution in [0, 0.1) is 0 Å². The molecule has 3 heteroatoms. The van der Waals surface area contributed by atoms with Gasteiger partial charge < -0.3 is 5.11 Å². The Kier molecular flexibility index (Phi) is 2.52. The third kappa shape index (κ3) is 1.78. The number of pyridine rings is 2. The molecule has 3 nitrogen and oxygen atoms in total. The number of aryl methyl sites for hydroxylation is 1. The Morgan fingerprint density at radius 3 is 2.65 bits per heavy atom. The minimum Gasteiger partial charge on any atom is -0.506 e. The van der Waals surface area contributed by atoms with Gasteiger partial charge in [0.2, 0.25) is 0 Å². The monoisotopic (exact) mass is 226 g/mol. The van der Waals surface area contributed by atoms with Crippen molar-refractivity contribution < 1.29 is 5.11 Å². The van der Waals surface area contributed by atoms with E-state index in [1.165, 1.54) is 5.56 Å². The molecule has 1 aliphatic carbocycles. The number of nitrogens with zero attached hydrogens (tertiary/aromatic N) is 2. The maximum absolute atomic E-state index is 9.90. The largest absolute Gasteiger partial charge is 0.506 e. The van der Waals surface area contributed by atoms with E-state index in [9.17, 15) is 5.11 Å². The lowest BCUT2D eigenvalue weighted by Crippen LogP contribution is -2.14. The molecule has 1 atom stereocenters. The number of rotatable bonds is 1. The predicted molar refractivity (Wildman–Crippen MR) is 64.9 cm³/mol. The minimum absolute atomic E-state index is 0.140. The van der Waals surface area contributed by atoms with Gasteiger partial charge in [-0.25, -0.2) is 0 Å². The van der Waals surface area contributed by atoms with E-state index in [1.54, 1.807) is 18.3 Å². The molecule has 0 saturated heterocycles. The first-order valence-electron chi connectivity index (χ1n) is 5.94. The van der Waals surface area contributed by atoms with Gasteiger partial charge in [-0.3, -0.25) is 9.97 Å². The van der Waals surface area contributed by atoms with Gasteiger partial charge in [-0.05, 0) is 43.0 Å². The van der Waals surface area contributed by atoms with Gasteiger partial charge in [0.25, 0.3) is 0 Å². The highest BCUT2D eigenvalue weighted by molar-refractivity contribution is 5.38. The van der Waals surface area contributed by atoms with Crippen LogP contribution in [-0.2, 0) is 6.42 Å². The average Bonchev–Trinajstić information content (AvgIpc) is 2.39. The zero-order chi connectivity index (χ0) is 11.7. The summed E-state index contributed by atoms with van der Waals surface area (Å²) < 4.78 is 0. The van der Waals surface area contributed by atoms with Crippen molar-refractivity contribution in [3.8, 4) is 5.75 Å². The Balaban J connectivity index is 2.09. The first-order valence-corrected chi connectivity index (χ1v) is 5.94. The summed E-state index contributed by atoms with van der Waals surface area (Å²) in [7, 11) is 0. The van der Waals surface area contributed by atoms with Crippen LogP contribution in [0.25, 0.3) is 0 Å². The highest BCUT2D eigenvalue weighted by atomic mass is 16.3. The van der Waals surface area contributed by atoms with E-state index < -0.39 is 0 Å². The Bertz CT molecular complexity index is 539. The Hall–Kier alpha value is -1.90. The van der Waals surface area contributed by atoms with E-state index in [-0.39, 0.29) is 11.7 Å². The van der Waals surface area contributed by atoms with Crippen molar-refractivity contribution in [1.82, 2.24) is 9.97 Å². The quantitative estimate of drug-likeness (QED) is 0.813. The summed E-state index contributed by atoms with van der Waals surface area (Å²) in [5, 5.41) is 9.90. The second kappa shape index (κ2) is 4.17. The van der Waals surface area contributed by atoms with E-state index in [1.807, 2.05) is 12.3 Å². The molecule has 0 saturated carbocycles. The minimum atomic E-state index is 0.140. The summed E-state index contributed by atoms with van der Waals surface area (Å²) in [6.45, 7) is 0. The summed E-state index contributed by atoms with van der Waals surface area (Å²) in [5.41, 5.74) is 3.12. The SMILES string of the molecule is Oc1cccnc1C1CCCc2cccnc21. The highest BCUT2D eigenvalue weighted by Crippen LogP contribution is 2.37. The molecule has 0 radical (unpaired) electrons. The van der Waals surface area contributed by atoms with E-state index in [0.29, 0.717) is 0 Å². The normalized spacial score (nSPS) is 18.7. The van der Waals surface area contributed by atoms with Crippen LogP contribution in [-0.4, -0.2) is 15.1 Å². The lowest BCUT2D eigenvalue weighted by Gasteiger charge is -2.24. The molecule has 3 rings (SSSR count). The van der Waals surface area contributed by atoms with Crippen molar-refractivity contribution >= 4 is 0 Å². The Morgan fingerprint density at radius 1 is 1.06 bits per heavy atom. The summed E-state index contributed by atoms with van der Waals surface area (Å²) in [6.07, 6.45) is 6.75. The summed E-state index contributed by atoms with van der Waals surface area (Å²) in [6, 6.07) is 7.54. The molecule has 0 aliphatic heterocycles. The molecule has 2 aromatic heterocycles. The predicted octanol–water partition coefficient (Wildman–Crippen LogP) is 2.65. The lowest BCUT2D eigenvalue weighted by molar-refractivity contribution is 0.452. The molecular formula is C14H14N2O. The van der Waals surface area contributed by atoms with Gasteiger partial charge in [0.15, 0.2) is 0 Å². The number of aromatic nitrogens is 2. The summed E-state index contributed by atoms with van der Waals surface area (Å²) in [5.74, 6) is 0.414. The molecule has 0 aromatic carbocycles. The lowest BCUT2D eigenvalue weighted by atomic mass is 9.84. The average molecular weight is 226 g/mol. The number of fused-ring (bicyclic) bond motifs is 1. The van der Waals surface area contributed by atoms with Gasteiger partial charge in [-0.15, -0.1) is 0 Å². The van der Waals surface area contributed by atoms with Gasteiger partial charge in [0, 0.05) is 18.3 Å². The smallest absolute Gasteiger partial charge is 0.137 e. The standard InChI is InChI=1S/C14H14N2O/c17-12-7-3-9-16-14(12)11-6-1-4-10-5-2-8-15-13(10)11/h2-3,5,7-9,11,17H,1,4,6H2. The maximum atomic E-state index is 9.90. The first kappa shape index (κ1) is 10.3. The van der Waals surface area contributed by atoms with Gasteiger partial charge in [-0.1, -0.05) is 6.07 Å². The Morgan fingerprint density at radius 2 is 1.82 bits per heavy atom. The van der Waals surface area contributed by atoms with Crippen molar-refractivity contribution in [3.63, 3.8) is 0 Å². The number of aromatic hydroxyl groups is 1. The first-order chi connectivity index (χ1) is 8.36. The Labute approximate surface area is 100 Å². The molecule has 0 spiro atoms. The summed E-state index contributed by atoms with van der Waals surface area (Å²) in [4.78, 5) is 8.78. The molecule has 0 fully saturated rings. The maximum Gasteiger partial charge on any atom is 0.137 e. The van der Waals surface area contributed by atoms with Crippen LogP contribution in [0.1, 0.15) is 35.7 Å². The zero-order valence-electron chi connectivity index (χ0n) is 9.50. The van der Waals surface area contributed by atoms with Gasteiger partial charge in [0.1, 0.15) is 5.75 Å². The molecule has 1 aliphatic rings. The number of hydrogen-bond acceptors (Lipinski definition) is 3. The van der Waals surface area contributed by atoms with Crippen LogP contribution in [0.5, 0.6) is 5.75 Å². The van der Waals surface area contributed by atoms with Crippen molar-refractivity contribution in [3.05, 3.63) is 53.6 Å². The third-order valence-corrected chi connectivity index (χ3v) is 3.34. The molecule has 17 heavy (non-hydrogen) atoms. The molecular weight excluding hydrogens is 212 g/mol. The fraction of sp³-hybridized carbons (Fsp3) is 0.286. The van der Waals surface area contributed by atoms with Crippen molar-refractivity contribution in [2.75, 3.05) is 0 Å². The second-order valence-electron chi connectivity index (χ2n) is 4.40. The van der Waals surface area contributed by atoms with Gasteiger partial charge in [-0.2, -0.15) is 0 Å². The third-order valence-electron chi connectivity index (χ3n) is 3.34. The van der Waals surface area contributed by atoms with Crippen molar-refractivity contribution in [2.24, 2.45) is 0 Å². The molecule has 0 bridgehead atoms. The van der Waals surface area contributed by atoms with Crippen LogP contribution in [0.2, 0.25) is 0 Å². The highest BCUT2D eigenvalue weighted by Gasteiger charge is 2.25. The molecule has 0 amide bonds. The van der Waals surface area contributed by atoms with E-state index in [0.717, 1.165) is 30.7 Å². The van der Waals surface area contributed by atoms with E-state index >= 15 is 0 Å². The van der Waals surface area contributed by atoms with Crippen LogP contribution >= 0.6 is 0 Å². The van der Waals surface area contributed by atoms with Crippen molar-refractivity contribution in [1.29, 1.82) is 0 Å². The fourth-order valence-electron chi connectivity index (χ4n) is 2.55. The molecule has 2 heterocycles.